The van der Waals surface area contributed by atoms with Crippen molar-refractivity contribution in [2.75, 3.05) is 46.8 Å². The summed E-state index contributed by atoms with van der Waals surface area (Å²) in [5.41, 5.74) is 0. The van der Waals surface area contributed by atoms with Gasteiger partial charge in [-0.25, -0.2) is 0 Å². The number of hydrogen-bond acceptors (Lipinski definition) is 4. The van der Waals surface area contributed by atoms with Crippen molar-refractivity contribution in [3.05, 3.63) is 0 Å². The van der Waals surface area contributed by atoms with Gasteiger partial charge in [-0.15, -0.1) is 0 Å². The van der Waals surface area contributed by atoms with Crippen LogP contribution >= 0.6 is 0 Å². The fraction of sp³-hybridized carbons (Fsp3) is 1.00. The minimum atomic E-state index is -0.263. The molecule has 2 atom stereocenters. The Balaban J connectivity index is 2.19. The highest BCUT2D eigenvalue weighted by Gasteiger charge is 2.22. The quantitative estimate of drug-likeness (QED) is 0.701. The van der Waals surface area contributed by atoms with Gasteiger partial charge < -0.3 is 15.3 Å². The van der Waals surface area contributed by atoms with E-state index in [1.165, 1.54) is 19.4 Å². The number of rotatable bonds is 7. The van der Waals surface area contributed by atoms with Crippen LogP contribution in [0.3, 0.4) is 0 Å². The number of aliphatic hydroxyl groups excluding tert-OH is 1. The van der Waals surface area contributed by atoms with Crippen molar-refractivity contribution in [3.63, 3.8) is 0 Å². The van der Waals surface area contributed by atoms with Crippen molar-refractivity contribution < 1.29 is 5.11 Å². The van der Waals surface area contributed by atoms with Crippen molar-refractivity contribution in [2.45, 2.75) is 38.8 Å². The second-order valence-corrected chi connectivity index (χ2v) is 6.20. The number of piperidine rings is 1. The summed E-state index contributed by atoms with van der Waals surface area (Å²) in [5.74, 6) is 0.641. The Kier molecular flexibility index (Phi) is 7.15. The van der Waals surface area contributed by atoms with Gasteiger partial charge in [0.25, 0.3) is 0 Å². The molecule has 1 fully saturated rings. The monoisotopic (exact) mass is 257 g/mol. The first-order valence-corrected chi connectivity index (χ1v) is 7.26. The molecule has 0 radical (unpaired) electrons. The molecule has 4 heteroatoms. The number of nitrogens with zero attached hydrogens (tertiary/aromatic N) is 2. The van der Waals surface area contributed by atoms with E-state index < -0.39 is 0 Å². The van der Waals surface area contributed by atoms with E-state index in [0.29, 0.717) is 18.5 Å². The molecule has 0 bridgehead atoms. The molecule has 2 unspecified atom stereocenters. The Morgan fingerprint density at radius 2 is 2.11 bits per heavy atom. The summed E-state index contributed by atoms with van der Waals surface area (Å²) < 4.78 is 0. The zero-order chi connectivity index (χ0) is 13.5. The van der Waals surface area contributed by atoms with Crippen LogP contribution in [-0.2, 0) is 0 Å². The van der Waals surface area contributed by atoms with Gasteiger partial charge in [-0.1, -0.05) is 13.8 Å². The highest BCUT2D eigenvalue weighted by atomic mass is 16.3. The first-order valence-electron chi connectivity index (χ1n) is 7.26. The molecular weight excluding hydrogens is 226 g/mol. The van der Waals surface area contributed by atoms with Crippen molar-refractivity contribution in [1.82, 2.24) is 15.1 Å². The highest BCUT2D eigenvalue weighted by molar-refractivity contribution is 4.79. The molecule has 4 nitrogen and oxygen atoms in total. The molecule has 0 aromatic heterocycles. The molecule has 1 heterocycles. The second kappa shape index (κ2) is 8.10. The van der Waals surface area contributed by atoms with E-state index in [1.54, 1.807) is 0 Å². The zero-order valence-corrected chi connectivity index (χ0v) is 12.5. The molecule has 1 aliphatic heterocycles. The lowest BCUT2D eigenvalue weighted by atomic mass is 10.0. The summed E-state index contributed by atoms with van der Waals surface area (Å²) in [6.07, 6.45) is 2.26. The lowest BCUT2D eigenvalue weighted by Crippen LogP contribution is -2.48. The van der Waals surface area contributed by atoms with Crippen molar-refractivity contribution in [3.8, 4) is 0 Å². The molecule has 18 heavy (non-hydrogen) atoms. The van der Waals surface area contributed by atoms with E-state index in [0.717, 1.165) is 19.6 Å². The number of aliphatic hydroxyl groups is 1. The van der Waals surface area contributed by atoms with Gasteiger partial charge in [-0.05, 0) is 45.9 Å². The predicted octanol–water partition coefficient (Wildman–Crippen LogP) is 0.619. The summed E-state index contributed by atoms with van der Waals surface area (Å²) in [6, 6.07) is 0.600. The van der Waals surface area contributed by atoms with Crippen molar-refractivity contribution >= 4 is 0 Å². The number of likely N-dealkylation sites (tertiary alicyclic amines) is 1. The minimum Gasteiger partial charge on any atom is -0.390 e. The molecule has 1 aliphatic rings. The van der Waals surface area contributed by atoms with E-state index in [-0.39, 0.29) is 6.10 Å². The van der Waals surface area contributed by atoms with Crippen LogP contribution in [0.1, 0.15) is 26.7 Å². The molecule has 0 saturated carbocycles. The number of hydrogen-bond donors (Lipinski definition) is 2. The second-order valence-electron chi connectivity index (χ2n) is 6.20. The van der Waals surface area contributed by atoms with Gasteiger partial charge in [0.1, 0.15) is 0 Å². The molecule has 0 spiro atoms. The summed E-state index contributed by atoms with van der Waals surface area (Å²) in [4.78, 5) is 4.70. The summed E-state index contributed by atoms with van der Waals surface area (Å²) in [6.45, 7) is 9.15. The van der Waals surface area contributed by atoms with Crippen LogP contribution in [0.4, 0.5) is 0 Å². The van der Waals surface area contributed by atoms with Crippen LogP contribution in [-0.4, -0.2) is 73.9 Å². The number of nitrogens with one attached hydrogen (secondary N) is 1. The third kappa shape index (κ3) is 6.14. The molecule has 108 valence electrons. The van der Waals surface area contributed by atoms with Crippen LogP contribution in [0.2, 0.25) is 0 Å². The Morgan fingerprint density at radius 1 is 1.39 bits per heavy atom. The molecule has 0 amide bonds. The van der Waals surface area contributed by atoms with Crippen LogP contribution in [0.5, 0.6) is 0 Å². The summed E-state index contributed by atoms with van der Waals surface area (Å²) in [7, 11) is 4.32. The zero-order valence-electron chi connectivity index (χ0n) is 12.5. The lowest BCUT2D eigenvalue weighted by Gasteiger charge is -2.36. The fourth-order valence-corrected chi connectivity index (χ4v) is 2.58. The first kappa shape index (κ1) is 15.9. The number of likely N-dealkylation sites (N-methyl/N-ethyl adjacent to an activating group) is 2. The third-order valence-corrected chi connectivity index (χ3v) is 3.65. The molecule has 0 aromatic carbocycles. The molecule has 1 saturated heterocycles. The van der Waals surface area contributed by atoms with E-state index in [1.807, 2.05) is 0 Å². The molecule has 2 N–H and O–H groups in total. The topological polar surface area (TPSA) is 38.7 Å². The smallest absolute Gasteiger partial charge is 0.0791 e. The SMILES string of the molecule is CC(C)CNCC(O)CN(C)C1CCCN(C)C1. The van der Waals surface area contributed by atoms with E-state index >= 15 is 0 Å². The minimum absolute atomic E-state index is 0.263. The Bertz CT molecular complexity index is 223. The van der Waals surface area contributed by atoms with Crippen LogP contribution in [0, 0.1) is 5.92 Å². The van der Waals surface area contributed by atoms with E-state index in [2.05, 4.69) is 43.1 Å². The molecular formula is C14H31N3O. The predicted molar refractivity (Wildman–Crippen MR) is 76.9 cm³/mol. The van der Waals surface area contributed by atoms with E-state index in [9.17, 15) is 5.11 Å². The molecule has 0 aliphatic carbocycles. The van der Waals surface area contributed by atoms with Gasteiger partial charge in [0.15, 0.2) is 0 Å². The summed E-state index contributed by atoms with van der Waals surface area (Å²) in [5, 5.41) is 13.3. The van der Waals surface area contributed by atoms with Gasteiger partial charge in [0.2, 0.25) is 0 Å². The van der Waals surface area contributed by atoms with Gasteiger partial charge in [-0.3, -0.25) is 4.90 Å². The first-order chi connectivity index (χ1) is 8.49. The maximum absolute atomic E-state index is 10.0. The van der Waals surface area contributed by atoms with Gasteiger partial charge >= 0.3 is 0 Å². The van der Waals surface area contributed by atoms with Crippen molar-refractivity contribution in [1.29, 1.82) is 0 Å². The maximum atomic E-state index is 10.0. The van der Waals surface area contributed by atoms with Gasteiger partial charge in [-0.2, -0.15) is 0 Å². The standard InChI is InChI=1S/C14H31N3O/c1-12(2)8-15-9-14(18)11-17(4)13-6-5-7-16(3)10-13/h12-15,18H,5-11H2,1-4H3. The van der Waals surface area contributed by atoms with Gasteiger partial charge in [0, 0.05) is 25.7 Å². The Morgan fingerprint density at radius 3 is 2.72 bits per heavy atom. The van der Waals surface area contributed by atoms with Crippen LogP contribution in [0.25, 0.3) is 0 Å². The normalized spacial score (nSPS) is 23.8. The fourth-order valence-electron chi connectivity index (χ4n) is 2.58. The Labute approximate surface area is 112 Å². The van der Waals surface area contributed by atoms with Crippen LogP contribution < -0.4 is 5.32 Å². The molecule has 0 aromatic rings. The average Bonchev–Trinajstić information content (AvgIpc) is 2.28. The van der Waals surface area contributed by atoms with E-state index in [4.69, 9.17) is 0 Å². The van der Waals surface area contributed by atoms with Crippen LogP contribution in [0.15, 0.2) is 0 Å². The highest BCUT2D eigenvalue weighted by Crippen LogP contribution is 2.13. The lowest BCUT2D eigenvalue weighted by molar-refractivity contribution is 0.0738. The Hall–Kier alpha value is -0.160. The molecule has 1 rings (SSSR count). The maximum Gasteiger partial charge on any atom is 0.0791 e. The average molecular weight is 257 g/mol. The van der Waals surface area contributed by atoms with Crippen molar-refractivity contribution in [2.24, 2.45) is 5.92 Å². The largest absolute Gasteiger partial charge is 0.390 e. The third-order valence-electron chi connectivity index (χ3n) is 3.65. The summed E-state index contributed by atoms with van der Waals surface area (Å²) >= 11 is 0. The van der Waals surface area contributed by atoms with Gasteiger partial charge in [0.05, 0.1) is 6.10 Å².